The number of benzene rings is 1. The van der Waals surface area contributed by atoms with E-state index < -0.39 is 12.6 Å². The molecule has 0 unspecified atom stereocenters. The second kappa shape index (κ2) is 5.43. The normalized spacial score (nSPS) is 11.6. The lowest BCUT2D eigenvalue weighted by molar-refractivity contribution is -0.134. The average Bonchev–Trinajstić information content (AvgIpc) is 2.17. The molecule has 0 aromatic heterocycles. The Labute approximate surface area is 97.6 Å². The van der Waals surface area contributed by atoms with Crippen LogP contribution < -0.4 is 5.32 Å². The van der Waals surface area contributed by atoms with E-state index in [0.29, 0.717) is 11.6 Å². The Balaban J connectivity index is 2.41. The maximum Gasteiger partial charge on any atom is 0.389 e. The molecule has 0 heterocycles. The Morgan fingerprint density at radius 1 is 1.31 bits per heavy atom. The van der Waals surface area contributed by atoms with Gasteiger partial charge in [-0.25, -0.2) is 0 Å². The van der Waals surface area contributed by atoms with Crippen molar-refractivity contribution in [3.8, 4) is 0 Å². The quantitative estimate of drug-likeness (QED) is 0.782. The lowest BCUT2D eigenvalue weighted by atomic mass is 10.2. The summed E-state index contributed by atoms with van der Waals surface area (Å²) >= 11 is 5.88. The van der Waals surface area contributed by atoms with Gasteiger partial charge in [-0.2, -0.15) is 13.2 Å². The first-order valence-corrected chi connectivity index (χ1v) is 5.34. The topological polar surface area (TPSA) is 12.0 Å². The monoisotopic (exact) mass is 251 g/mol. The van der Waals surface area contributed by atoms with Crippen LogP contribution >= 0.6 is 11.6 Å². The van der Waals surface area contributed by atoms with Gasteiger partial charge in [0.2, 0.25) is 0 Å². The highest BCUT2D eigenvalue weighted by molar-refractivity contribution is 6.31. The molecule has 0 spiro atoms. The highest BCUT2D eigenvalue weighted by Gasteiger charge is 2.25. The van der Waals surface area contributed by atoms with Crippen molar-refractivity contribution in [1.29, 1.82) is 0 Å². The van der Waals surface area contributed by atoms with E-state index >= 15 is 0 Å². The highest BCUT2D eigenvalue weighted by Crippen LogP contribution is 2.24. The summed E-state index contributed by atoms with van der Waals surface area (Å²) in [7, 11) is 0. The van der Waals surface area contributed by atoms with Crippen molar-refractivity contribution in [3.63, 3.8) is 0 Å². The van der Waals surface area contributed by atoms with E-state index in [1.54, 1.807) is 18.2 Å². The molecule has 0 bridgehead atoms. The largest absolute Gasteiger partial charge is 0.389 e. The maximum absolute atomic E-state index is 11.9. The lowest BCUT2D eigenvalue weighted by Crippen LogP contribution is -2.11. The Kier molecular flexibility index (Phi) is 4.47. The van der Waals surface area contributed by atoms with Crippen molar-refractivity contribution in [3.05, 3.63) is 28.8 Å². The van der Waals surface area contributed by atoms with Gasteiger partial charge in [0.25, 0.3) is 0 Å². The minimum absolute atomic E-state index is 0.0649. The van der Waals surface area contributed by atoms with E-state index in [4.69, 9.17) is 11.6 Å². The first-order chi connectivity index (χ1) is 7.40. The van der Waals surface area contributed by atoms with Gasteiger partial charge in [0.05, 0.1) is 0 Å². The van der Waals surface area contributed by atoms with Crippen LogP contribution in [0.2, 0.25) is 5.02 Å². The molecule has 0 fully saturated rings. The summed E-state index contributed by atoms with van der Waals surface area (Å²) in [4.78, 5) is 0. The van der Waals surface area contributed by atoms with Crippen LogP contribution in [0.15, 0.2) is 18.2 Å². The van der Waals surface area contributed by atoms with Crippen LogP contribution in [0.5, 0.6) is 0 Å². The van der Waals surface area contributed by atoms with Gasteiger partial charge in [0.15, 0.2) is 0 Å². The zero-order valence-electron chi connectivity index (χ0n) is 8.87. The standard InChI is InChI=1S/C11H13ClF3N/c1-8-9(12)4-2-5-10(8)16-7-3-6-11(13,14)15/h2,4-5,16H,3,6-7H2,1H3. The number of anilines is 1. The van der Waals surface area contributed by atoms with Gasteiger partial charge in [-0.3, -0.25) is 0 Å². The van der Waals surface area contributed by atoms with E-state index in [9.17, 15) is 13.2 Å². The highest BCUT2D eigenvalue weighted by atomic mass is 35.5. The Bertz CT molecular complexity index is 350. The smallest absolute Gasteiger partial charge is 0.385 e. The molecule has 1 aromatic rings. The second-order valence-corrected chi connectivity index (χ2v) is 3.97. The van der Waals surface area contributed by atoms with E-state index in [-0.39, 0.29) is 6.42 Å². The average molecular weight is 252 g/mol. The van der Waals surface area contributed by atoms with Crippen molar-refractivity contribution in [2.75, 3.05) is 11.9 Å². The Hall–Kier alpha value is -0.900. The van der Waals surface area contributed by atoms with Gasteiger partial charge in [-0.1, -0.05) is 17.7 Å². The lowest BCUT2D eigenvalue weighted by Gasteiger charge is -2.11. The third-order valence-corrected chi connectivity index (χ3v) is 2.63. The molecule has 0 aliphatic rings. The third kappa shape index (κ3) is 4.31. The van der Waals surface area contributed by atoms with Crippen LogP contribution in [-0.2, 0) is 0 Å². The number of nitrogens with one attached hydrogen (secondary N) is 1. The number of hydrogen-bond donors (Lipinski definition) is 1. The summed E-state index contributed by atoms with van der Waals surface area (Å²) in [6, 6.07) is 5.31. The molecule has 0 aliphatic carbocycles. The molecular weight excluding hydrogens is 239 g/mol. The molecule has 1 aromatic carbocycles. The summed E-state index contributed by atoms with van der Waals surface area (Å²) < 4.78 is 35.6. The van der Waals surface area contributed by atoms with Crippen molar-refractivity contribution < 1.29 is 13.2 Å². The first-order valence-electron chi connectivity index (χ1n) is 4.96. The van der Waals surface area contributed by atoms with Crippen molar-refractivity contribution in [1.82, 2.24) is 0 Å². The molecule has 0 saturated heterocycles. The van der Waals surface area contributed by atoms with Gasteiger partial charge in [0, 0.05) is 23.7 Å². The van der Waals surface area contributed by atoms with Crippen LogP contribution in [-0.4, -0.2) is 12.7 Å². The Morgan fingerprint density at radius 3 is 2.62 bits per heavy atom. The fraction of sp³-hybridized carbons (Fsp3) is 0.455. The molecule has 0 aliphatic heterocycles. The van der Waals surface area contributed by atoms with Gasteiger partial charge in [0.1, 0.15) is 0 Å². The van der Waals surface area contributed by atoms with Crippen LogP contribution in [0, 0.1) is 6.92 Å². The van der Waals surface area contributed by atoms with Gasteiger partial charge < -0.3 is 5.32 Å². The third-order valence-electron chi connectivity index (χ3n) is 2.22. The van der Waals surface area contributed by atoms with Crippen LogP contribution in [0.1, 0.15) is 18.4 Å². The minimum Gasteiger partial charge on any atom is -0.385 e. The van der Waals surface area contributed by atoms with Crippen molar-refractivity contribution in [2.24, 2.45) is 0 Å². The number of halogens is 4. The minimum atomic E-state index is -4.08. The molecular formula is C11H13ClF3N. The fourth-order valence-electron chi connectivity index (χ4n) is 1.31. The zero-order valence-corrected chi connectivity index (χ0v) is 9.62. The van der Waals surface area contributed by atoms with E-state index in [2.05, 4.69) is 5.32 Å². The summed E-state index contributed by atoms with van der Waals surface area (Å²) in [6.07, 6.45) is -4.78. The SMILES string of the molecule is Cc1c(Cl)cccc1NCCCC(F)(F)F. The van der Waals surface area contributed by atoms with Crippen LogP contribution in [0.25, 0.3) is 0 Å². The van der Waals surface area contributed by atoms with Gasteiger partial charge >= 0.3 is 6.18 Å². The van der Waals surface area contributed by atoms with E-state index in [0.717, 1.165) is 11.3 Å². The van der Waals surface area contributed by atoms with Crippen molar-refractivity contribution in [2.45, 2.75) is 25.9 Å². The second-order valence-electron chi connectivity index (χ2n) is 3.56. The number of hydrogen-bond acceptors (Lipinski definition) is 1. The van der Waals surface area contributed by atoms with E-state index in [1.807, 2.05) is 6.92 Å². The summed E-state index contributed by atoms with van der Waals surface area (Å²) in [5, 5.41) is 3.55. The molecule has 0 atom stereocenters. The molecule has 1 rings (SSSR count). The molecule has 0 amide bonds. The molecule has 0 saturated carbocycles. The molecule has 0 radical (unpaired) electrons. The van der Waals surface area contributed by atoms with Gasteiger partial charge in [-0.15, -0.1) is 0 Å². The molecule has 16 heavy (non-hydrogen) atoms. The summed E-state index contributed by atoms with van der Waals surface area (Å²) in [6.45, 7) is 2.12. The molecule has 1 N–H and O–H groups in total. The maximum atomic E-state index is 11.9. The van der Waals surface area contributed by atoms with Gasteiger partial charge in [-0.05, 0) is 31.0 Å². The fourth-order valence-corrected chi connectivity index (χ4v) is 1.49. The molecule has 1 nitrogen and oxygen atoms in total. The molecule has 5 heteroatoms. The van der Waals surface area contributed by atoms with Crippen molar-refractivity contribution >= 4 is 17.3 Å². The number of rotatable bonds is 4. The Morgan fingerprint density at radius 2 is 2.00 bits per heavy atom. The first kappa shape index (κ1) is 13.2. The predicted molar refractivity (Wildman–Crippen MR) is 60.0 cm³/mol. The summed E-state index contributed by atoms with van der Waals surface area (Å²) in [5.74, 6) is 0. The zero-order chi connectivity index (χ0) is 12.2. The predicted octanol–water partition coefficient (Wildman–Crippen LogP) is 4.40. The van der Waals surface area contributed by atoms with Crippen LogP contribution in [0.4, 0.5) is 18.9 Å². The number of alkyl halides is 3. The van der Waals surface area contributed by atoms with E-state index in [1.165, 1.54) is 0 Å². The van der Waals surface area contributed by atoms with Crippen LogP contribution in [0.3, 0.4) is 0 Å². The molecule has 90 valence electrons. The summed E-state index contributed by atoms with van der Waals surface area (Å²) in [5.41, 5.74) is 1.64.